The molecule has 0 bridgehead atoms. The van der Waals surface area contributed by atoms with Crippen LogP contribution in [0.25, 0.3) is 0 Å². The number of aryl methyl sites for hydroxylation is 1. The second-order valence-electron chi connectivity index (χ2n) is 4.75. The maximum absolute atomic E-state index is 5.80. The molecule has 1 aliphatic rings. The van der Waals surface area contributed by atoms with Crippen molar-refractivity contribution in [2.45, 2.75) is 26.6 Å². The number of rotatable bonds is 2. The second-order valence-corrected chi connectivity index (χ2v) is 4.75. The van der Waals surface area contributed by atoms with Gasteiger partial charge in [0.1, 0.15) is 11.6 Å². The molecule has 0 aliphatic carbocycles. The van der Waals surface area contributed by atoms with E-state index in [-0.39, 0.29) is 24.8 Å². The Morgan fingerprint density at radius 1 is 1.25 bits per heavy atom. The SMILES string of the molecule is Cc1nc2n(n1)CCN(Cc1cccc(N)c1)C2.Cl.Cl. The van der Waals surface area contributed by atoms with Crippen molar-refractivity contribution in [1.82, 2.24) is 19.7 Å². The minimum atomic E-state index is 0. The Hall–Kier alpha value is -1.30. The third-order valence-corrected chi connectivity index (χ3v) is 3.20. The molecule has 110 valence electrons. The predicted octanol–water partition coefficient (Wildman–Crippen LogP) is 2.03. The van der Waals surface area contributed by atoms with E-state index in [0.717, 1.165) is 43.5 Å². The summed E-state index contributed by atoms with van der Waals surface area (Å²) >= 11 is 0. The van der Waals surface area contributed by atoms with Crippen LogP contribution >= 0.6 is 24.8 Å². The van der Waals surface area contributed by atoms with Gasteiger partial charge in [-0.05, 0) is 24.6 Å². The van der Waals surface area contributed by atoms with Crippen molar-refractivity contribution < 1.29 is 0 Å². The molecule has 0 saturated carbocycles. The lowest BCUT2D eigenvalue weighted by Gasteiger charge is -2.26. The molecule has 7 heteroatoms. The van der Waals surface area contributed by atoms with Gasteiger partial charge >= 0.3 is 0 Å². The normalized spacial score (nSPS) is 14.1. The fourth-order valence-corrected chi connectivity index (χ4v) is 2.40. The Morgan fingerprint density at radius 3 is 2.80 bits per heavy atom. The molecule has 0 unspecified atom stereocenters. The lowest BCUT2D eigenvalue weighted by molar-refractivity contribution is 0.201. The van der Waals surface area contributed by atoms with Gasteiger partial charge in [-0.15, -0.1) is 24.8 Å². The van der Waals surface area contributed by atoms with Crippen LogP contribution in [-0.2, 0) is 19.6 Å². The van der Waals surface area contributed by atoms with Crippen molar-refractivity contribution >= 4 is 30.5 Å². The fourth-order valence-electron chi connectivity index (χ4n) is 2.40. The summed E-state index contributed by atoms with van der Waals surface area (Å²) in [4.78, 5) is 6.82. The summed E-state index contributed by atoms with van der Waals surface area (Å²) in [5.74, 6) is 1.92. The van der Waals surface area contributed by atoms with Crippen molar-refractivity contribution in [3.05, 3.63) is 41.5 Å². The van der Waals surface area contributed by atoms with E-state index in [1.807, 2.05) is 29.8 Å². The predicted molar refractivity (Wildman–Crippen MR) is 84.2 cm³/mol. The van der Waals surface area contributed by atoms with E-state index in [9.17, 15) is 0 Å². The van der Waals surface area contributed by atoms with Gasteiger partial charge in [-0.2, -0.15) is 5.10 Å². The molecule has 20 heavy (non-hydrogen) atoms. The van der Waals surface area contributed by atoms with Crippen molar-refractivity contribution in [3.8, 4) is 0 Å². The Morgan fingerprint density at radius 2 is 2.05 bits per heavy atom. The van der Waals surface area contributed by atoms with Crippen molar-refractivity contribution in [3.63, 3.8) is 0 Å². The van der Waals surface area contributed by atoms with E-state index in [4.69, 9.17) is 5.73 Å². The van der Waals surface area contributed by atoms with E-state index < -0.39 is 0 Å². The summed E-state index contributed by atoms with van der Waals surface area (Å²) in [6.45, 7) is 5.63. The van der Waals surface area contributed by atoms with Crippen LogP contribution in [-0.4, -0.2) is 26.2 Å². The maximum atomic E-state index is 5.80. The molecule has 0 amide bonds. The first-order valence-corrected chi connectivity index (χ1v) is 6.18. The molecule has 2 heterocycles. The molecule has 3 rings (SSSR count). The Balaban J connectivity index is 0.000001000. The highest BCUT2D eigenvalue weighted by atomic mass is 35.5. The lowest BCUT2D eigenvalue weighted by atomic mass is 10.2. The van der Waals surface area contributed by atoms with Gasteiger partial charge in [-0.1, -0.05) is 12.1 Å². The average molecular weight is 316 g/mol. The van der Waals surface area contributed by atoms with Gasteiger partial charge < -0.3 is 5.73 Å². The minimum absolute atomic E-state index is 0. The number of hydrogen-bond donors (Lipinski definition) is 1. The molecule has 5 nitrogen and oxygen atoms in total. The number of aromatic nitrogens is 3. The molecule has 0 spiro atoms. The monoisotopic (exact) mass is 315 g/mol. The Bertz CT molecular complexity index is 570. The first-order chi connectivity index (χ1) is 8.70. The number of hydrogen-bond acceptors (Lipinski definition) is 4. The van der Waals surface area contributed by atoms with Crippen molar-refractivity contribution in [2.24, 2.45) is 0 Å². The number of nitrogen functional groups attached to an aromatic ring is 1. The highest BCUT2D eigenvalue weighted by molar-refractivity contribution is 5.85. The third-order valence-electron chi connectivity index (χ3n) is 3.20. The first-order valence-electron chi connectivity index (χ1n) is 6.18. The number of benzene rings is 1. The zero-order chi connectivity index (χ0) is 12.5. The van der Waals surface area contributed by atoms with Gasteiger partial charge in [0.15, 0.2) is 0 Å². The number of nitrogens with zero attached hydrogens (tertiary/aromatic N) is 4. The number of fused-ring (bicyclic) bond motifs is 1. The van der Waals surface area contributed by atoms with Gasteiger partial charge in [0, 0.05) is 18.8 Å². The average Bonchev–Trinajstić information content (AvgIpc) is 2.68. The number of nitrogens with two attached hydrogens (primary N) is 1. The molecule has 1 aromatic carbocycles. The highest BCUT2D eigenvalue weighted by Gasteiger charge is 2.18. The molecule has 0 radical (unpaired) electrons. The van der Waals surface area contributed by atoms with Gasteiger partial charge in [-0.25, -0.2) is 9.67 Å². The van der Waals surface area contributed by atoms with Crippen LogP contribution in [0.4, 0.5) is 5.69 Å². The largest absolute Gasteiger partial charge is 0.399 e. The van der Waals surface area contributed by atoms with E-state index in [2.05, 4.69) is 21.0 Å². The summed E-state index contributed by atoms with van der Waals surface area (Å²) < 4.78 is 2.01. The second kappa shape index (κ2) is 6.92. The zero-order valence-corrected chi connectivity index (χ0v) is 13.0. The molecule has 2 N–H and O–H groups in total. The smallest absolute Gasteiger partial charge is 0.147 e. The lowest BCUT2D eigenvalue weighted by Crippen LogP contribution is -2.33. The fraction of sp³-hybridized carbons (Fsp3) is 0.385. The quantitative estimate of drug-likeness (QED) is 0.861. The minimum Gasteiger partial charge on any atom is -0.399 e. The zero-order valence-electron chi connectivity index (χ0n) is 11.3. The van der Waals surface area contributed by atoms with Gasteiger partial charge in [0.05, 0.1) is 13.1 Å². The Labute approximate surface area is 131 Å². The third kappa shape index (κ3) is 3.62. The van der Waals surface area contributed by atoms with E-state index in [0.29, 0.717) is 0 Å². The summed E-state index contributed by atoms with van der Waals surface area (Å²) in [6.07, 6.45) is 0. The summed E-state index contributed by atoms with van der Waals surface area (Å²) in [5.41, 5.74) is 7.87. The maximum Gasteiger partial charge on any atom is 0.147 e. The van der Waals surface area contributed by atoms with Crippen LogP contribution in [0.15, 0.2) is 24.3 Å². The molecular weight excluding hydrogens is 297 g/mol. The molecule has 1 aliphatic heterocycles. The summed E-state index contributed by atoms with van der Waals surface area (Å²) in [6, 6.07) is 8.06. The van der Waals surface area contributed by atoms with Crippen LogP contribution in [0.2, 0.25) is 0 Å². The van der Waals surface area contributed by atoms with Crippen LogP contribution < -0.4 is 5.73 Å². The van der Waals surface area contributed by atoms with Crippen LogP contribution in [0.5, 0.6) is 0 Å². The highest BCUT2D eigenvalue weighted by Crippen LogP contribution is 2.15. The van der Waals surface area contributed by atoms with Crippen LogP contribution in [0.3, 0.4) is 0 Å². The molecule has 0 atom stereocenters. The van der Waals surface area contributed by atoms with Crippen LogP contribution in [0.1, 0.15) is 17.2 Å². The number of anilines is 1. The molecule has 0 saturated heterocycles. The molecular formula is C13H19Cl2N5. The first kappa shape index (κ1) is 16.8. The molecule has 1 aromatic heterocycles. The van der Waals surface area contributed by atoms with E-state index >= 15 is 0 Å². The topological polar surface area (TPSA) is 60.0 Å². The van der Waals surface area contributed by atoms with Crippen LogP contribution in [0, 0.1) is 6.92 Å². The summed E-state index contributed by atoms with van der Waals surface area (Å²) in [5, 5.41) is 4.37. The number of halogens is 2. The van der Waals surface area contributed by atoms with Gasteiger partial charge in [0.25, 0.3) is 0 Å². The van der Waals surface area contributed by atoms with E-state index in [1.165, 1.54) is 5.56 Å². The van der Waals surface area contributed by atoms with Crippen molar-refractivity contribution in [2.75, 3.05) is 12.3 Å². The van der Waals surface area contributed by atoms with Gasteiger partial charge in [0.2, 0.25) is 0 Å². The molecule has 0 fully saturated rings. The molecule has 2 aromatic rings. The van der Waals surface area contributed by atoms with Gasteiger partial charge in [-0.3, -0.25) is 4.90 Å². The van der Waals surface area contributed by atoms with E-state index in [1.54, 1.807) is 0 Å². The summed E-state index contributed by atoms with van der Waals surface area (Å²) in [7, 11) is 0. The Kier molecular flexibility index (Phi) is 5.80. The standard InChI is InChI=1S/C13H17N5.2ClH/c1-10-15-13-9-17(5-6-18(13)16-10)8-11-3-2-4-12(14)7-11;;/h2-4,7H,5-6,8-9,14H2,1H3;2*1H. The van der Waals surface area contributed by atoms with Crippen molar-refractivity contribution in [1.29, 1.82) is 0 Å².